The molecule has 0 spiro atoms. The van der Waals surface area contributed by atoms with E-state index < -0.39 is 0 Å². The highest BCUT2D eigenvalue weighted by Gasteiger charge is 2.13. The monoisotopic (exact) mass is 287 g/mol. The van der Waals surface area contributed by atoms with Crippen molar-refractivity contribution in [1.82, 2.24) is 25.2 Å². The smallest absolute Gasteiger partial charge is 0.234 e. The molecule has 2 N–H and O–H groups in total. The molecule has 0 aliphatic carbocycles. The van der Waals surface area contributed by atoms with Crippen LogP contribution in [-0.4, -0.2) is 39.4 Å². The first-order valence-electron chi connectivity index (χ1n) is 6.93. The number of likely N-dealkylation sites (N-methyl/N-ethyl adjacent to an activating group) is 1. The van der Waals surface area contributed by atoms with Gasteiger partial charge in [-0.25, -0.2) is 4.98 Å². The van der Waals surface area contributed by atoms with Gasteiger partial charge in [0, 0.05) is 30.8 Å². The molecule has 2 rings (SSSR count). The second-order valence-electron chi connectivity index (χ2n) is 5.27. The molecule has 112 valence electrons. The molecular weight excluding hydrogens is 266 g/mol. The lowest BCUT2D eigenvalue weighted by atomic mass is 10.2. The van der Waals surface area contributed by atoms with E-state index in [1.807, 2.05) is 37.9 Å². The van der Waals surface area contributed by atoms with Gasteiger partial charge in [0.05, 0.1) is 12.6 Å². The van der Waals surface area contributed by atoms with Gasteiger partial charge in [-0.15, -0.1) is 0 Å². The van der Waals surface area contributed by atoms with Gasteiger partial charge in [0.1, 0.15) is 5.82 Å². The molecule has 0 aromatic carbocycles. The normalized spacial score (nSPS) is 12.4. The van der Waals surface area contributed by atoms with E-state index in [1.165, 1.54) is 0 Å². The van der Waals surface area contributed by atoms with E-state index in [-0.39, 0.29) is 11.9 Å². The Morgan fingerprint density at radius 3 is 2.76 bits per heavy atom. The molecule has 2 heterocycles. The van der Waals surface area contributed by atoms with Crippen LogP contribution >= 0.6 is 0 Å². The second kappa shape index (κ2) is 6.99. The number of carbonyl (C=O) groups is 1. The molecule has 0 saturated carbocycles. The highest BCUT2D eigenvalue weighted by molar-refractivity contribution is 5.78. The highest BCUT2D eigenvalue weighted by atomic mass is 16.2. The van der Waals surface area contributed by atoms with Gasteiger partial charge >= 0.3 is 0 Å². The number of aryl methyl sites for hydroxylation is 1. The van der Waals surface area contributed by atoms with Crippen molar-refractivity contribution in [3.63, 3.8) is 0 Å². The van der Waals surface area contributed by atoms with Crippen LogP contribution in [0.1, 0.15) is 30.0 Å². The van der Waals surface area contributed by atoms with Crippen LogP contribution in [-0.2, 0) is 11.3 Å². The van der Waals surface area contributed by atoms with Crippen molar-refractivity contribution in [2.24, 2.45) is 0 Å². The Morgan fingerprint density at radius 2 is 2.14 bits per heavy atom. The van der Waals surface area contributed by atoms with Crippen molar-refractivity contribution in [3.8, 4) is 0 Å². The Morgan fingerprint density at radius 1 is 1.43 bits per heavy atom. The summed E-state index contributed by atoms with van der Waals surface area (Å²) in [4.78, 5) is 25.3. The van der Waals surface area contributed by atoms with Gasteiger partial charge in [-0.3, -0.25) is 14.7 Å². The number of aromatic nitrogens is 3. The first-order valence-corrected chi connectivity index (χ1v) is 6.93. The number of H-pyrrole nitrogens is 1. The van der Waals surface area contributed by atoms with E-state index in [2.05, 4.69) is 20.3 Å². The molecule has 0 fully saturated rings. The summed E-state index contributed by atoms with van der Waals surface area (Å²) in [6, 6.07) is 3.77. The standard InChI is InChI=1S/C15H21N5O/c1-11-8-17-15(18-11)12(2)19-14(21)10-20(3)9-13-4-6-16-7-5-13/h4-8,12H,9-10H2,1-3H3,(H,17,18)(H,19,21). The van der Waals surface area contributed by atoms with Crippen molar-refractivity contribution in [2.45, 2.75) is 26.4 Å². The number of imidazole rings is 1. The zero-order valence-corrected chi connectivity index (χ0v) is 12.6. The average Bonchev–Trinajstić information content (AvgIpc) is 2.86. The number of nitrogens with zero attached hydrogens (tertiary/aromatic N) is 3. The minimum atomic E-state index is -0.125. The van der Waals surface area contributed by atoms with E-state index >= 15 is 0 Å². The largest absolute Gasteiger partial charge is 0.345 e. The fourth-order valence-electron chi connectivity index (χ4n) is 2.11. The van der Waals surface area contributed by atoms with Crippen LogP contribution in [0.4, 0.5) is 0 Å². The molecule has 1 unspecified atom stereocenters. The Kier molecular flexibility index (Phi) is 5.05. The summed E-state index contributed by atoms with van der Waals surface area (Å²) in [5, 5.41) is 2.94. The number of hydrogen-bond donors (Lipinski definition) is 2. The third kappa shape index (κ3) is 4.68. The lowest BCUT2D eigenvalue weighted by molar-refractivity contribution is -0.122. The zero-order chi connectivity index (χ0) is 15.2. The fourth-order valence-corrected chi connectivity index (χ4v) is 2.11. The van der Waals surface area contributed by atoms with Crippen molar-refractivity contribution in [1.29, 1.82) is 0 Å². The SMILES string of the molecule is Cc1cnc(C(C)NC(=O)CN(C)Cc2ccncc2)[nH]1. The van der Waals surface area contributed by atoms with Crippen molar-refractivity contribution in [2.75, 3.05) is 13.6 Å². The zero-order valence-electron chi connectivity index (χ0n) is 12.6. The van der Waals surface area contributed by atoms with Crippen LogP contribution in [0.3, 0.4) is 0 Å². The third-order valence-electron chi connectivity index (χ3n) is 3.13. The molecule has 0 aliphatic heterocycles. The molecule has 6 heteroatoms. The van der Waals surface area contributed by atoms with Crippen molar-refractivity contribution < 1.29 is 4.79 Å². The minimum Gasteiger partial charge on any atom is -0.345 e. The number of nitrogens with one attached hydrogen (secondary N) is 2. The number of carbonyl (C=O) groups excluding carboxylic acids is 1. The van der Waals surface area contributed by atoms with Crippen LogP contribution in [0.25, 0.3) is 0 Å². The van der Waals surface area contributed by atoms with Crippen molar-refractivity contribution in [3.05, 3.63) is 47.8 Å². The summed E-state index contributed by atoms with van der Waals surface area (Å²) < 4.78 is 0. The Bertz CT molecular complexity index is 581. The Labute approximate surface area is 124 Å². The minimum absolute atomic E-state index is 0.0203. The lowest BCUT2D eigenvalue weighted by Crippen LogP contribution is -2.36. The highest BCUT2D eigenvalue weighted by Crippen LogP contribution is 2.07. The van der Waals surface area contributed by atoms with Crippen LogP contribution in [0.2, 0.25) is 0 Å². The summed E-state index contributed by atoms with van der Waals surface area (Å²) in [5.74, 6) is 0.755. The molecule has 1 atom stereocenters. The summed E-state index contributed by atoms with van der Waals surface area (Å²) in [6.45, 7) is 4.91. The topological polar surface area (TPSA) is 73.9 Å². The first kappa shape index (κ1) is 15.2. The Hall–Kier alpha value is -2.21. The van der Waals surface area contributed by atoms with Crippen LogP contribution in [0.15, 0.2) is 30.7 Å². The fraction of sp³-hybridized carbons (Fsp3) is 0.400. The molecule has 21 heavy (non-hydrogen) atoms. The average molecular weight is 287 g/mol. The van der Waals surface area contributed by atoms with Gasteiger partial charge in [-0.05, 0) is 38.6 Å². The van der Waals surface area contributed by atoms with Crippen LogP contribution in [0, 0.1) is 6.92 Å². The first-order chi connectivity index (χ1) is 10.0. The van der Waals surface area contributed by atoms with Crippen molar-refractivity contribution >= 4 is 5.91 Å². The number of amides is 1. The van der Waals surface area contributed by atoms with Gasteiger partial charge < -0.3 is 10.3 Å². The Balaban J connectivity index is 1.81. The van der Waals surface area contributed by atoms with E-state index in [1.54, 1.807) is 18.6 Å². The van der Waals surface area contributed by atoms with E-state index in [0.717, 1.165) is 17.1 Å². The molecule has 1 amide bonds. The quantitative estimate of drug-likeness (QED) is 0.842. The summed E-state index contributed by atoms with van der Waals surface area (Å²) >= 11 is 0. The molecule has 0 aliphatic rings. The van der Waals surface area contributed by atoms with E-state index in [4.69, 9.17) is 0 Å². The summed E-state index contributed by atoms with van der Waals surface area (Å²) in [6.07, 6.45) is 5.27. The number of rotatable bonds is 6. The second-order valence-corrected chi connectivity index (χ2v) is 5.27. The van der Waals surface area contributed by atoms with Gasteiger partial charge in [0.15, 0.2) is 0 Å². The maximum Gasteiger partial charge on any atom is 0.234 e. The van der Waals surface area contributed by atoms with Gasteiger partial charge in [0.25, 0.3) is 0 Å². The number of hydrogen-bond acceptors (Lipinski definition) is 4. The molecule has 2 aromatic heterocycles. The van der Waals surface area contributed by atoms with Crippen LogP contribution in [0.5, 0.6) is 0 Å². The predicted octanol–water partition coefficient (Wildman–Crippen LogP) is 1.42. The number of aromatic amines is 1. The maximum absolute atomic E-state index is 12.0. The van der Waals surface area contributed by atoms with Gasteiger partial charge in [0.2, 0.25) is 5.91 Å². The molecule has 0 bridgehead atoms. The van der Waals surface area contributed by atoms with E-state index in [9.17, 15) is 4.79 Å². The summed E-state index contributed by atoms with van der Waals surface area (Å²) in [5.41, 5.74) is 2.12. The van der Waals surface area contributed by atoms with Gasteiger partial charge in [-0.1, -0.05) is 0 Å². The molecule has 0 radical (unpaired) electrons. The maximum atomic E-state index is 12.0. The number of pyridine rings is 1. The van der Waals surface area contributed by atoms with Gasteiger partial charge in [-0.2, -0.15) is 0 Å². The molecule has 0 saturated heterocycles. The van der Waals surface area contributed by atoms with Crippen LogP contribution < -0.4 is 5.32 Å². The molecular formula is C15H21N5O. The predicted molar refractivity (Wildman–Crippen MR) is 80.5 cm³/mol. The van der Waals surface area contributed by atoms with E-state index in [0.29, 0.717) is 13.1 Å². The molecule has 2 aromatic rings. The molecule has 6 nitrogen and oxygen atoms in total. The summed E-state index contributed by atoms with van der Waals surface area (Å²) in [7, 11) is 1.92. The third-order valence-corrected chi connectivity index (χ3v) is 3.13. The lowest BCUT2D eigenvalue weighted by Gasteiger charge is -2.18.